The van der Waals surface area contributed by atoms with Crippen LogP contribution in [0.5, 0.6) is 0 Å². The highest BCUT2D eigenvalue weighted by atomic mass is 16.3. The monoisotopic (exact) mass is 243 g/mol. The van der Waals surface area contributed by atoms with Gasteiger partial charge in [-0.1, -0.05) is 42.9 Å². The molecule has 1 saturated carbocycles. The SMILES string of the molecule is OC1CCCCC1CNCC#Cc1ccccc1. The van der Waals surface area contributed by atoms with Crippen molar-refractivity contribution >= 4 is 0 Å². The molecule has 0 saturated heterocycles. The fourth-order valence-corrected chi connectivity index (χ4v) is 2.41. The standard InChI is InChI=1S/C16H21NO/c18-16-11-5-4-10-15(16)13-17-12-6-9-14-7-2-1-3-8-14/h1-3,7-8,15-18H,4-5,10-13H2. The van der Waals surface area contributed by atoms with Crippen LogP contribution in [0.3, 0.4) is 0 Å². The summed E-state index contributed by atoms with van der Waals surface area (Å²) in [6, 6.07) is 10.0. The van der Waals surface area contributed by atoms with E-state index in [-0.39, 0.29) is 6.10 Å². The zero-order chi connectivity index (χ0) is 12.6. The quantitative estimate of drug-likeness (QED) is 0.630. The lowest BCUT2D eigenvalue weighted by Gasteiger charge is -2.27. The van der Waals surface area contributed by atoms with Gasteiger partial charge in [-0.15, -0.1) is 0 Å². The van der Waals surface area contributed by atoms with Gasteiger partial charge in [0.1, 0.15) is 0 Å². The molecule has 1 aliphatic carbocycles. The minimum atomic E-state index is -0.117. The predicted octanol–water partition coefficient (Wildman–Crippen LogP) is 2.18. The molecule has 0 spiro atoms. The summed E-state index contributed by atoms with van der Waals surface area (Å²) in [4.78, 5) is 0. The fraction of sp³-hybridized carbons (Fsp3) is 0.500. The zero-order valence-electron chi connectivity index (χ0n) is 10.7. The minimum absolute atomic E-state index is 0.117. The van der Waals surface area contributed by atoms with Gasteiger partial charge in [0.25, 0.3) is 0 Å². The van der Waals surface area contributed by atoms with Crippen LogP contribution in [-0.2, 0) is 0 Å². The molecule has 18 heavy (non-hydrogen) atoms. The summed E-state index contributed by atoms with van der Waals surface area (Å²) >= 11 is 0. The van der Waals surface area contributed by atoms with Crippen LogP contribution in [0.2, 0.25) is 0 Å². The second-order valence-corrected chi connectivity index (χ2v) is 4.91. The number of hydrogen-bond donors (Lipinski definition) is 2. The van der Waals surface area contributed by atoms with E-state index in [4.69, 9.17) is 0 Å². The van der Waals surface area contributed by atoms with E-state index in [0.717, 1.165) is 24.9 Å². The number of rotatable bonds is 3. The van der Waals surface area contributed by atoms with E-state index in [1.807, 2.05) is 30.3 Å². The second-order valence-electron chi connectivity index (χ2n) is 4.91. The highest BCUT2D eigenvalue weighted by Crippen LogP contribution is 2.23. The summed E-state index contributed by atoms with van der Waals surface area (Å²) in [6.45, 7) is 1.57. The van der Waals surface area contributed by atoms with Crippen molar-refractivity contribution in [2.45, 2.75) is 31.8 Å². The average molecular weight is 243 g/mol. The summed E-state index contributed by atoms with van der Waals surface area (Å²) < 4.78 is 0. The van der Waals surface area contributed by atoms with Gasteiger partial charge in [-0.25, -0.2) is 0 Å². The zero-order valence-corrected chi connectivity index (χ0v) is 10.7. The molecule has 1 aromatic carbocycles. The predicted molar refractivity (Wildman–Crippen MR) is 74.2 cm³/mol. The maximum Gasteiger partial charge on any atom is 0.0580 e. The van der Waals surface area contributed by atoms with Gasteiger partial charge in [0.05, 0.1) is 12.6 Å². The molecule has 1 fully saturated rings. The molecule has 96 valence electrons. The van der Waals surface area contributed by atoms with Crippen molar-refractivity contribution in [1.82, 2.24) is 5.32 Å². The van der Waals surface area contributed by atoms with Gasteiger partial charge in [0.2, 0.25) is 0 Å². The minimum Gasteiger partial charge on any atom is -0.393 e. The third-order valence-corrected chi connectivity index (χ3v) is 3.50. The van der Waals surface area contributed by atoms with Crippen molar-refractivity contribution in [3.63, 3.8) is 0 Å². The first-order chi connectivity index (χ1) is 8.86. The van der Waals surface area contributed by atoms with Crippen LogP contribution in [0.1, 0.15) is 31.2 Å². The molecule has 1 aliphatic rings. The van der Waals surface area contributed by atoms with Gasteiger partial charge >= 0.3 is 0 Å². The van der Waals surface area contributed by atoms with Crippen LogP contribution in [-0.4, -0.2) is 24.3 Å². The van der Waals surface area contributed by atoms with E-state index in [2.05, 4.69) is 17.2 Å². The van der Waals surface area contributed by atoms with Crippen molar-refractivity contribution in [2.75, 3.05) is 13.1 Å². The second kappa shape index (κ2) is 7.20. The number of benzene rings is 1. The van der Waals surface area contributed by atoms with Gasteiger partial charge in [-0.2, -0.15) is 0 Å². The van der Waals surface area contributed by atoms with E-state index in [1.165, 1.54) is 12.8 Å². The van der Waals surface area contributed by atoms with Crippen molar-refractivity contribution in [1.29, 1.82) is 0 Å². The average Bonchev–Trinajstić information content (AvgIpc) is 2.42. The van der Waals surface area contributed by atoms with Crippen LogP contribution >= 0.6 is 0 Å². The molecule has 0 radical (unpaired) electrons. The van der Waals surface area contributed by atoms with Crippen LogP contribution in [0.15, 0.2) is 30.3 Å². The lowest BCUT2D eigenvalue weighted by Crippen LogP contribution is -2.33. The third kappa shape index (κ3) is 4.18. The molecule has 0 amide bonds. The molecule has 0 bridgehead atoms. The van der Waals surface area contributed by atoms with E-state index in [0.29, 0.717) is 12.5 Å². The van der Waals surface area contributed by atoms with Gasteiger partial charge in [-0.05, 0) is 30.9 Å². The van der Waals surface area contributed by atoms with Gasteiger partial charge < -0.3 is 10.4 Å². The molecule has 2 unspecified atom stereocenters. The van der Waals surface area contributed by atoms with E-state index >= 15 is 0 Å². The fourth-order valence-electron chi connectivity index (χ4n) is 2.41. The molecule has 2 atom stereocenters. The van der Waals surface area contributed by atoms with Crippen molar-refractivity contribution < 1.29 is 5.11 Å². The molecule has 2 heteroatoms. The van der Waals surface area contributed by atoms with Crippen LogP contribution in [0, 0.1) is 17.8 Å². The molecule has 0 aromatic heterocycles. The Balaban J connectivity index is 1.68. The highest BCUT2D eigenvalue weighted by Gasteiger charge is 2.21. The maximum atomic E-state index is 9.83. The smallest absolute Gasteiger partial charge is 0.0580 e. The molecule has 2 nitrogen and oxygen atoms in total. The Kier molecular flexibility index (Phi) is 5.26. The Hall–Kier alpha value is -1.30. The van der Waals surface area contributed by atoms with Gasteiger partial charge in [0.15, 0.2) is 0 Å². The lowest BCUT2D eigenvalue weighted by molar-refractivity contribution is 0.0702. The summed E-state index contributed by atoms with van der Waals surface area (Å²) in [7, 11) is 0. The van der Waals surface area contributed by atoms with Crippen LogP contribution in [0.25, 0.3) is 0 Å². The maximum absolute atomic E-state index is 9.83. The molecule has 2 N–H and O–H groups in total. The van der Waals surface area contributed by atoms with E-state index in [1.54, 1.807) is 0 Å². The van der Waals surface area contributed by atoms with E-state index < -0.39 is 0 Å². The van der Waals surface area contributed by atoms with Gasteiger partial charge in [-0.3, -0.25) is 0 Å². The summed E-state index contributed by atoms with van der Waals surface area (Å²) in [5, 5.41) is 13.1. The van der Waals surface area contributed by atoms with Crippen molar-refractivity contribution in [3.05, 3.63) is 35.9 Å². The molecule has 0 aliphatic heterocycles. The number of nitrogens with one attached hydrogen (secondary N) is 1. The highest BCUT2D eigenvalue weighted by molar-refractivity contribution is 5.33. The summed E-state index contributed by atoms with van der Waals surface area (Å²) in [6.07, 6.45) is 4.40. The van der Waals surface area contributed by atoms with Crippen molar-refractivity contribution in [2.24, 2.45) is 5.92 Å². The normalized spacial score (nSPS) is 23.2. The first-order valence-corrected chi connectivity index (χ1v) is 6.79. The Labute approximate surface area is 109 Å². The Bertz CT molecular complexity index is 404. The topological polar surface area (TPSA) is 32.3 Å². The Morgan fingerprint density at radius 1 is 1.17 bits per heavy atom. The summed E-state index contributed by atoms with van der Waals surface area (Å²) in [5.41, 5.74) is 1.05. The Morgan fingerprint density at radius 3 is 2.72 bits per heavy atom. The van der Waals surface area contributed by atoms with E-state index in [9.17, 15) is 5.11 Å². The lowest BCUT2D eigenvalue weighted by atomic mass is 9.86. The molecule has 2 rings (SSSR count). The molecule has 0 heterocycles. The number of hydrogen-bond acceptors (Lipinski definition) is 2. The Morgan fingerprint density at radius 2 is 1.94 bits per heavy atom. The van der Waals surface area contributed by atoms with Crippen LogP contribution < -0.4 is 5.32 Å². The molecular weight excluding hydrogens is 222 g/mol. The van der Waals surface area contributed by atoms with Crippen LogP contribution in [0.4, 0.5) is 0 Å². The number of aliphatic hydroxyl groups excluding tert-OH is 1. The molecular formula is C16H21NO. The largest absolute Gasteiger partial charge is 0.393 e. The number of aliphatic hydroxyl groups is 1. The first-order valence-electron chi connectivity index (χ1n) is 6.79. The molecule has 1 aromatic rings. The first kappa shape index (κ1) is 13.1. The third-order valence-electron chi connectivity index (χ3n) is 3.50. The van der Waals surface area contributed by atoms with Crippen molar-refractivity contribution in [3.8, 4) is 11.8 Å². The van der Waals surface area contributed by atoms with Gasteiger partial charge in [0, 0.05) is 12.1 Å². The summed E-state index contributed by atoms with van der Waals surface area (Å²) in [5.74, 6) is 6.65.